The molecule has 0 radical (unpaired) electrons. The van der Waals surface area contributed by atoms with Crippen LogP contribution in [0.5, 0.6) is 0 Å². The van der Waals surface area contributed by atoms with Crippen molar-refractivity contribution in [3.63, 3.8) is 0 Å². The topological polar surface area (TPSA) is 0 Å². The van der Waals surface area contributed by atoms with E-state index in [4.69, 9.17) is 0 Å². The molecule has 0 bridgehead atoms. The van der Waals surface area contributed by atoms with Gasteiger partial charge in [0.05, 0.1) is 0 Å². The fourth-order valence-corrected chi connectivity index (χ4v) is 6.92. The minimum absolute atomic E-state index is 0.162. The summed E-state index contributed by atoms with van der Waals surface area (Å²) < 4.78 is 2.72. The Morgan fingerprint density at radius 3 is 2.15 bits per heavy atom. The van der Waals surface area contributed by atoms with Crippen LogP contribution in [0.2, 0.25) is 0 Å². The smallest absolute Gasteiger partial charge is 0.0340 e. The summed E-state index contributed by atoms with van der Waals surface area (Å²) in [5.74, 6) is 0. The monoisotopic (exact) mass is 586 g/mol. The summed E-state index contributed by atoms with van der Waals surface area (Å²) in [5, 5.41) is 2.96. The van der Waals surface area contributed by atoms with Crippen molar-refractivity contribution in [1.82, 2.24) is 0 Å². The van der Waals surface area contributed by atoms with Gasteiger partial charge in [0.1, 0.15) is 0 Å². The van der Waals surface area contributed by atoms with Gasteiger partial charge in [0.15, 0.2) is 0 Å². The van der Waals surface area contributed by atoms with E-state index in [0.29, 0.717) is 5.25 Å². The van der Waals surface area contributed by atoms with Crippen LogP contribution < -0.4 is 0 Å². The Morgan fingerprint density at radius 2 is 1.62 bits per heavy atom. The third-order valence-electron chi connectivity index (χ3n) is 5.88. The van der Waals surface area contributed by atoms with E-state index in [2.05, 4.69) is 112 Å². The predicted octanol–water partition coefficient (Wildman–Crippen LogP) is 8.15. The zero-order chi connectivity index (χ0) is 18.1. The first-order valence-electron chi connectivity index (χ1n) is 9.57. The molecule has 0 fully saturated rings. The molecule has 0 amide bonds. The van der Waals surface area contributed by atoms with Crippen molar-refractivity contribution in [2.45, 2.75) is 56.1 Å². The Labute approximate surface area is 188 Å². The van der Waals surface area contributed by atoms with E-state index in [1.54, 1.807) is 11.1 Å². The quantitative estimate of drug-likeness (QED) is 0.243. The largest absolute Gasteiger partial charge is 0.129 e. The minimum Gasteiger partial charge on any atom is -0.129 e. The van der Waals surface area contributed by atoms with Gasteiger partial charge in [-0.1, -0.05) is 50.8 Å². The fraction of sp³-hybridized carbons (Fsp3) is 0.391. The predicted molar refractivity (Wildman–Crippen MR) is 132 cm³/mol. The van der Waals surface area contributed by atoms with Gasteiger partial charge in [0.25, 0.3) is 0 Å². The molecule has 1 unspecified atom stereocenters. The number of hydrogen-bond donors (Lipinski definition) is 0. The summed E-state index contributed by atoms with van der Waals surface area (Å²) in [7, 11) is 0. The number of rotatable bonds is 6. The molecule has 26 heavy (non-hydrogen) atoms. The van der Waals surface area contributed by atoms with Crippen molar-refractivity contribution in [1.29, 1.82) is 0 Å². The van der Waals surface area contributed by atoms with Gasteiger partial charge < -0.3 is 0 Å². The maximum atomic E-state index is 2.49. The highest BCUT2D eigenvalue weighted by atomic mass is 127. The van der Waals surface area contributed by atoms with Gasteiger partial charge in [0, 0.05) is 17.8 Å². The average Bonchev–Trinajstić information content (AvgIpc) is 3.25. The van der Waals surface area contributed by atoms with Gasteiger partial charge in [-0.15, -0.1) is 11.8 Å². The zero-order valence-corrected chi connectivity index (χ0v) is 20.2. The number of thioether (sulfide) groups is 1. The van der Waals surface area contributed by atoms with Crippen LogP contribution in [0.25, 0.3) is 11.1 Å². The molecule has 1 atom stereocenters. The number of unbranched alkanes of at least 4 members (excludes halogenated alkanes) is 3. The van der Waals surface area contributed by atoms with Crippen LogP contribution in [-0.4, -0.2) is 5.25 Å². The number of halogens is 2. The second kappa shape index (κ2) is 8.16. The first kappa shape index (κ1) is 19.3. The fourth-order valence-electron chi connectivity index (χ4n) is 4.70. The Kier molecular flexibility index (Phi) is 6.06. The molecule has 136 valence electrons. The van der Waals surface area contributed by atoms with E-state index in [0.717, 1.165) is 0 Å². The summed E-state index contributed by atoms with van der Waals surface area (Å²) in [6.07, 6.45) is 10.2. The van der Waals surface area contributed by atoms with Crippen LogP contribution in [0.3, 0.4) is 0 Å². The Morgan fingerprint density at radius 1 is 0.962 bits per heavy atom. The molecule has 0 saturated heterocycles. The van der Waals surface area contributed by atoms with E-state index >= 15 is 0 Å². The number of allylic oxidation sites excluding steroid dienone is 1. The lowest BCUT2D eigenvalue weighted by molar-refractivity contribution is 0.436. The van der Waals surface area contributed by atoms with Crippen molar-refractivity contribution in [2.24, 2.45) is 0 Å². The lowest BCUT2D eigenvalue weighted by atomic mass is 9.70. The summed E-state index contributed by atoms with van der Waals surface area (Å²) in [5.41, 5.74) is 6.27. The number of hydrogen-bond acceptors (Lipinski definition) is 1. The van der Waals surface area contributed by atoms with Crippen LogP contribution in [0, 0.1) is 7.14 Å². The summed E-state index contributed by atoms with van der Waals surface area (Å²) in [4.78, 5) is 0. The highest BCUT2D eigenvalue weighted by Crippen LogP contribution is 2.58. The average molecular weight is 586 g/mol. The van der Waals surface area contributed by atoms with Crippen LogP contribution in [-0.2, 0) is 5.41 Å². The van der Waals surface area contributed by atoms with Crippen molar-refractivity contribution in [3.8, 4) is 11.1 Å². The molecule has 0 saturated carbocycles. The molecule has 0 spiro atoms. The standard InChI is InChI=1S/C23H24I2S/c1-2-3-4-5-12-23(22-7-6-13-26-22)20-14-16(24)8-10-18(20)19-11-9-17(25)15-21(19)23/h6,8-11,13-15,22H,2-5,7,12H2,1H3. The molecule has 3 heteroatoms. The van der Waals surface area contributed by atoms with Crippen molar-refractivity contribution < 1.29 is 0 Å². The third kappa shape index (κ3) is 3.30. The highest BCUT2D eigenvalue weighted by Gasteiger charge is 2.48. The van der Waals surface area contributed by atoms with E-state index in [1.807, 2.05) is 0 Å². The molecule has 0 N–H and O–H groups in total. The van der Waals surface area contributed by atoms with Gasteiger partial charge in [-0.05, 0) is 110 Å². The molecule has 4 rings (SSSR count). The summed E-state index contributed by atoms with van der Waals surface area (Å²) in [6, 6.07) is 14.2. The van der Waals surface area contributed by atoms with E-state index in [-0.39, 0.29) is 5.41 Å². The number of fused-ring (bicyclic) bond motifs is 3. The normalized spacial score (nSPS) is 19.6. The van der Waals surface area contributed by atoms with Crippen molar-refractivity contribution >= 4 is 56.9 Å². The van der Waals surface area contributed by atoms with Crippen LogP contribution >= 0.6 is 56.9 Å². The van der Waals surface area contributed by atoms with Crippen LogP contribution in [0.4, 0.5) is 0 Å². The molecule has 1 heterocycles. The lowest BCUT2D eigenvalue weighted by Crippen LogP contribution is -2.36. The van der Waals surface area contributed by atoms with Crippen molar-refractivity contribution in [3.05, 3.63) is 66.1 Å². The summed E-state index contributed by atoms with van der Waals surface area (Å²) >= 11 is 7.03. The Balaban J connectivity index is 1.88. The molecule has 2 aromatic carbocycles. The molecule has 1 aliphatic carbocycles. The Bertz CT molecular complexity index is 781. The van der Waals surface area contributed by atoms with Gasteiger partial charge in [0.2, 0.25) is 0 Å². The summed E-state index contributed by atoms with van der Waals surface area (Å²) in [6.45, 7) is 2.30. The molecule has 0 aromatic heterocycles. The second-order valence-corrected chi connectivity index (χ2v) is 11.0. The van der Waals surface area contributed by atoms with Gasteiger partial charge >= 0.3 is 0 Å². The van der Waals surface area contributed by atoms with E-state index in [1.165, 1.54) is 56.8 Å². The van der Waals surface area contributed by atoms with E-state index < -0.39 is 0 Å². The molecule has 1 aliphatic heterocycles. The molecular formula is C23H24I2S. The van der Waals surface area contributed by atoms with E-state index in [9.17, 15) is 0 Å². The minimum atomic E-state index is 0.162. The third-order valence-corrected chi connectivity index (χ3v) is 8.49. The van der Waals surface area contributed by atoms with Crippen LogP contribution in [0.15, 0.2) is 47.9 Å². The lowest BCUT2D eigenvalue weighted by Gasteiger charge is -2.38. The number of benzene rings is 2. The molecule has 2 aliphatic rings. The van der Waals surface area contributed by atoms with Gasteiger partial charge in [-0.25, -0.2) is 0 Å². The SMILES string of the molecule is CCCCCCC1(C2CC=CS2)c2cc(I)ccc2-c2ccc(I)cc21. The van der Waals surface area contributed by atoms with Crippen molar-refractivity contribution in [2.75, 3.05) is 0 Å². The first-order valence-corrected chi connectivity index (χ1v) is 12.7. The molecule has 2 aromatic rings. The highest BCUT2D eigenvalue weighted by molar-refractivity contribution is 14.1. The molecule has 0 nitrogen and oxygen atoms in total. The maximum Gasteiger partial charge on any atom is 0.0340 e. The Hall–Kier alpha value is -0.0100. The molecular weight excluding hydrogens is 562 g/mol. The maximum absolute atomic E-state index is 2.49. The first-order chi connectivity index (χ1) is 12.7. The second-order valence-electron chi connectivity index (χ2n) is 7.39. The van der Waals surface area contributed by atoms with Crippen LogP contribution in [0.1, 0.15) is 56.6 Å². The van der Waals surface area contributed by atoms with Gasteiger partial charge in [-0.3, -0.25) is 0 Å². The zero-order valence-electron chi connectivity index (χ0n) is 15.1. The van der Waals surface area contributed by atoms with Gasteiger partial charge in [-0.2, -0.15) is 0 Å².